The molecule has 0 saturated carbocycles. The van der Waals surface area contributed by atoms with Crippen LogP contribution in [0.5, 0.6) is 0 Å². The Morgan fingerprint density at radius 1 is 1.42 bits per heavy atom. The van der Waals surface area contributed by atoms with Gasteiger partial charge in [-0.2, -0.15) is 0 Å². The largest absolute Gasteiger partial charge is 0.398 e. The summed E-state index contributed by atoms with van der Waals surface area (Å²) in [6.45, 7) is 0.491. The fraction of sp³-hybridized carbons (Fsp3) is 0.111. The second-order valence-corrected chi connectivity index (χ2v) is 2.79. The van der Waals surface area contributed by atoms with Gasteiger partial charge in [-0.1, -0.05) is 29.8 Å². The predicted molar refractivity (Wildman–Crippen MR) is 54.0 cm³/mol. The van der Waals surface area contributed by atoms with Crippen LogP contribution < -0.4 is 11.5 Å². The summed E-state index contributed by atoms with van der Waals surface area (Å²) >= 11 is 5.89. The van der Waals surface area contributed by atoms with Gasteiger partial charge in [-0.3, -0.25) is 0 Å². The number of hydrogen-bond donors (Lipinski definition) is 2. The molecule has 0 bridgehead atoms. The molecule has 0 heterocycles. The van der Waals surface area contributed by atoms with Gasteiger partial charge in [0.15, 0.2) is 0 Å². The zero-order valence-corrected chi connectivity index (χ0v) is 7.38. The fourth-order valence-electron chi connectivity index (χ4n) is 0.915. The van der Waals surface area contributed by atoms with Gasteiger partial charge >= 0.3 is 0 Å². The molecule has 3 heteroatoms. The van der Waals surface area contributed by atoms with E-state index in [1.54, 1.807) is 6.07 Å². The smallest absolute Gasteiger partial charge is 0.0498 e. The minimum Gasteiger partial charge on any atom is -0.398 e. The molecule has 0 unspecified atom stereocenters. The molecule has 12 heavy (non-hydrogen) atoms. The topological polar surface area (TPSA) is 52.0 Å². The third-order valence-electron chi connectivity index (χ3n) is 1.51. The van der Waals surface area contributed by atoms with Crippen LogP contribution >= 0.6 is 11.6 Å². The van der Waals surface area contributed by atoms with Crippen molar-refractivity contribution in [2.45, 2.75) is 0 Å². The molecular weight excluding hydrogens is 172 g/mol. The predicted octanol–water partition coefficient (Wildman–Crippen LogP) is 1.89. The molecule has 0 atom stereocenters. The number of halogens is 1. The lowest BCUT2D eigenvalue weighted by molar-refractivity contribution is 1.26. The average molecular weight is 183 g/mol. The molecule has 0 saturated heterocycles. The van der Waals surface area contributed by atoms with Crippen LogP contribution in [0.4, 0.5) is 5.69 Å². The Labute approximate surface area is 76.8 Å². The monoisotopic (exact) mass is 182 g/mol. The van der Waals surface area contributed by atoms with Crippen LogP contribution in [0.25, 0.3) is 6.08 Å². The maximum atomic E-state index is 5.89. The van der Waals surface area contributed by atoms with Crippen LogP contribution in [-0.4, -0.2) is 6.54 Å². The van der Waals surface area contributed by atoms with E-state index in [1.165, 1.54) is 0 Å². The Morgan fingerprint density at radius 3 is 2.75 bits per heavy atom. The molecule has 0 amide bonds. The molecule has 4 N–H and O–H groups in total. The highest BCUT2D eigenvalue weighted by Crippen LogP contribution is 2.22. The number of rotatable bonds is 2. The minimum atomic E-state index is 0.491. The quantitative estimate of drug-likeness (QED) is 0.687. The van der Waals surface area contributed by atoms with E-state index in [9.17, 15) is 0 Å². The zero-order valence-electron chi connectivity index (χ0n) is 6.63. The van der Waals surface area contributed by atoms with Gasteiger partial charge in [0.25, 0.3) is 0 Å². The third kappa shape index (κ3) is 2.00. The molecule has 64 valence electrons. The van der Waals surface area contributed by atoms with E-state index in [0.29, 0.717) is 17.3 Å². The van der Waals surface area contributed by atoms with Gasteiger partial charge in [-0.15, -0.1) is 0 Å². The van der Waals surface area contributed by atoms with Crippen LogP contribution in [-0.2, 0) is 0 Å². The van der Waals surface area contributed by atoms with Crippen LogP contribution in [0.3, 0.4) is 0 Å². The molecule has 0 aromatic heterocycles. The third-order valence-corrected chi connectivity index (χ3v) is 1.84. The van der Waals surface area contributed by atoms with Gasteiger partial charge in [0.2, 0.25) is 0 Å². The van der Waals surface area contributed by atoms with Crippen molar-refractivity contribution in [2.24, 2.45) is 5.73 Å². The number of nitrogens with two attached hydrogens (primary N) is 2. The van der Waals surface area contributed by atoms with Crippen molar-refractivity contribution in [3.8, 4) is 0 Å². The molecule has 0 aliphatic carbocycles. The van der Waals surface area contributed by atoms with Gasteiger partial charge < -0.3 is 11.5 Å². The Hall–Kier alpha value is -0.990. The highest BCUT2D eigenvalue weighted by atomic mass is 35.5. The van der Waals surface area contributed by atoms with E-state index in [0.717, 1.165) is 5.56 Å². The maximum Gasteiger partial charge on any atom is 0.0498 e. The lowest BCUT2D eigenvalue weighted by atomic mass is 10.1. The average Bonchev–Trinajstić information content (AvgIpc) is 2.04. The van der Waals surface area contributed by atoms with Crippen molar-refractivity contribution < 1.29 is 0 Å². The van der Waals surface area contributed by atoms with E-state index in [2.05, 4.69) is 0 Å². The molecule has 2 nitrogen and oxygen atoms in total. The first-order valence-electron chi connectivity index (χ1n) is 3.66. The van der Waals surface area contributed by atoms with E-state index in [4.69, 9.17) is 23.1 Å². The van der Waals surface area contributed by atoms with E-state index in [1.807, 2.05) is 24.3 Å². The van der Waals surface area contributed by atoms with Crippen LogP contribution in [0, 0.1) is 0 Å². The van der Waals surface area contributed by atoms with Crippen molar-refractivity contribution in [3.05, 3.63) is 34.9 Å². The first kappa shape index (κ1) is 9.10. The lowest BCUT2D eigenvalue weighted by Crippen LogP contribution is -1.94. The molecule has 0 fully saturated rings. The van der Waals surface area contributed by atoms with Crippen molar-refractivity contribution in [2.75, 3.05) is 12.3 Å². The van der Waals surface area contributed by atoms with E-state index in [-0.39, 0.29) is 0 Å². The van der Waals surface area contributed by atoms with Crippen molar-refractivity contribution in [3.63, 3.8) is 0 Å². The Kier molecular flexibility index (Phi) is 3.14. The van der Waals surface area contributed by atoms with E-state index >= 15 is 0 Å². The Bertz CT molecular complexity index is 274. The highest BCUT2D eigenvalue weighted by Gasteiger charge is 1.98. The van der Waals surface area contributed by atoms with E-state index < -0.39 is 0 Å². The molecule has 0 spiro atoms. The van der Waals surface area contributed by atoms with Gasteiger partial charge in [0.1, 0.15) is 0 Å². The summed E-state index contributed by atoms with van der Waals surface area (Å²) in [4.78, 5) is 0. The van der Waals surface area contributed by atoms with Crippen molar-refractivity contribution in [1.82, 2.24) is 0 Å². The molecule has 0 aliphatic rings. The second kappa shape index (κ2) is 4.14. The molecule has 1 aromatic rings. The minimum absolute atomic E-state index is 0.491. The first-order valence-corrected chi connectivity index (χ1v) is 4.04. The molecule has 0 radical (unpaired) electrons. The fourth-order valence-corrected chi connectivity index (χ4v) is 1.16. The molecular formula is C9H11ClN2. The molecule has 1 rings (SSSR count). The van der Waals surface area contributed by atoms with Gasteiger partial charge in [-0.25, -0.2) is 0 Å². The van der Waals surface area contributed by atoms with Crippen LogP contribution in [0.1, 0.15) is 5.56 Å². The van der Waals surface area contributed by atoms with Crippen LogP contribution in [0.15, 0.2) is 24.3 Å². The lowest BCUT2D eigenvalue weighted by Gasteiger charge is -2.01. The number of hydrogen-bond acceptors (Lipinski definition) is 2. The summed E-state index contributed by atoms with van der Waals surface area (Å²) in [5, 5.41) is 0.653. The standard InChI is InChI=1S/C9H11ClN2/c10-8-4-1-5-9(12)7(8)3-2-6-11/h1-5H,6,11-12H2. The summed E-state index contributed by atoms with van der Waals surface area (Å²) in [5.41, 5.74) is 12.5. The Morgan fingerprint density at radius 2 is 2.17 bits per heavy atom. The zero-order chi connectivity index (χ0) is 8.97. The molecule has 1 aromatic carbocycles. The number of nitrogen functional groups attached to an aromatic ring is 1. The first-order chi connectivity index (χ1) is 5.75. The highest BCUT2D eigenvalue weighted by molar-refractivity contribution is 6.32. The van der Waals surface area contributed by atoms with Gasteiger partial charge in [0, 0.05) is 22.8 Å². The number of anilines is 1. The summed E-state index contributed by atoms with van der Waals surface area (Å²) in [5.74, 6) is 0. The maximum absolute atomic E-state index is 5.89. The second-order valence-electron chi connectivity index (χ2n) is 2.38. The van der Waals surface area contributed by atoms with Gasteiger partial charge in [-0.05, 0) is 12.1 Å². The summed E-state index contributed by atoms with van der Waals surface area (Å²) in [7, 11) is 0. The van der Waals surface area contributed by atoms with Crippen molar-refractivity contribution >= 4 is 23.4 Å². The SMILES string of the molecule is NCC=Cc1c(N)cccc1Cl. The normalized spacial score (nSPS) is 10.8. The summed E-state index contributed by atoms with van der Waals surface area (Å²) < 4.78 is 0. The summed E-state index contributed by atoms with van der Waals surface area (Å²) in [6.07, 6.45) is 3.65. The number of benzene rings is 1. The van der Waals surface area contributed by atoms with Gasteiger partial charge in [0.05, 0.1) is 0 Å². The van der Waals surface area contributed by atoms with Crippen molar-refractivity contribution in [1.29, 1.82) is 0 Å². The Balaban J connectivity index is 3.04. The summed E-state index contributed by atoms with van der Waals surface area (Å²) in [6, 6.07) is 5.42. The van der Waals surface area contributed by atoms with Crippen LogP contribution in [0.2, 0.25) is 5.02 Å². The molecule has 0 aliphatic heterocycles.